The number of fused-ring (bicyclic) bond motifs is 1. The first-order chi connectivity index (χ1) is 12.1. The molecule has 3 rings (SSSR count). The Balaban J connectivity index is 1.60. The molecule has 0 bridgehead atoms. The molecule has 0 aliphatic rings. The summed E-state index contributed by atoms with van der Waals surface area (Å²) in [5.74, 6) is 1.59. The van der Waals surface area contributed by atoms with E-state index in [-0.39, 0.29) is 5.41 Å². The van der Waals surface area contributed by atoms with Gasteiger partial charge in [0.25, 0.3) is 0 Å². The van der Waals surface area contributed by atoms with E-state index < -0.39 is 0 Å². The van der Waals surface area contributed by atoms with Crippen LogP contribution in [-0.4, -0.2) is 34.2 Å². The highest BCUT2D eigenvalue weighted by Gasteiger charge is 2.20. The lowest BCUT2D eigenvalue weighted by atomic mass is 9.85. The van der Waals surface area contributed by atoms with Crippen molar-refractivity contribution in [3.8, 4) is 0 Å². The second kappa shape index (κ2) is 7.34. The predicted octanol–water partition coefficient (Wildman–Crippen LogP) is 2.37. The number of aromatic nitrogens is 3. The Bertz CT molecular complexity index is 850. The van der Waals surface area contributed by atoms with E-state index in [1.165, 1.54) is 5.56 Å². The van der Waals surface area contributed by atoms with Gasteiger partial charge in [0.05, 0.1) is 6.54 Å². The molecule has 2 heterocycles. The molecule has 0 fully saturated rings. The summed E-state index contributed by atoms with van der Waals surface area (Å²) in [7, 11) is 1.77. The number of rotatable bonds is 5. The van der Waals surface area contributed by atoms with Gasteiger partial charge in [0, 0.05) is 25.2 Å². The zero-order valence-electron chi connectivity index (χ0n) is 14.9. The van der Waals surface area contributed by atoms with Crippen LogP contribution in [0.4, 0.5) is 0 Å². The number of nitrogens with one attached hydrogen (secondary N) is 2. The zero-order chi connectivity index (χ0) is 17.7. The predicted molar refractivity (Wildman–Crippen MR) is 101 cm³/mol. The van der Waals surface area contributed by atoms with Crippen LogP contribution >= 0.6 is 0 Å². The molecule has 2 aromatic heterocycles. The third-order valence-corrected chi connectivity index (χ3v) is 4.27. The lowest BCUT2D eigenvalue weighted by Gasteiger charge is -2.26. The van der Waals surface area contributed by atoms with Crippen LogP contribution < -0.4 is 10.6 Å². The number of guanidine groups is 1. The van der Waals surface area contributed by atoms with E-state index in [1.807, 2.05) is 34.9 Å². The number of nitrogens with zero attached hydrogens (tertiary/aromatic N) is 4. The van der Waals surface area contributed by atoms with Gasteiger partial charge in [-0.2, -0.15) is 0 Å². The number of aliphatic imine (C=N–C) groups is 1. The summed E-state index contributed by atoms with van der Waals surface area (Å²) in [6.07, 6.45) is 1.96. The Morgan fingerprint density at radius 3 is 2.56 bits per heavy atom. The fraction of sp³-hybridized carbons (Fsp3) is 0.316. The lowest BCUT2D eigenvalue weighted by Crippen LogP contribution is -2.43. The Morgan fingerprint density at radius 2 is 1.80 bits per heavy atom. The average molecular weight is 336 g/mol. The minimum Gasteiger partial charge on any atom is -0.356 e. The summed E-state index contributed by atoms with van der Waals surface area (Å²) in [4.78, 5) is 4.30. The Labute approximate surface area is 148 Å². The van der Waals surface area contributed by atoms with Crippen LogP contribution in [-0.2, 0) is 12.0 Å². The highest BCUT2D eigenvalue weighted by Crippen LogP contribution is 2.21. The smallest absolute Gasteiger partial charge is 0.191 e. The van der Waals surface area contributed by atoms with Crippen molar-refractivity contribution < 1.29 is 0 Å². The molecular formula is C19H24N6. The van der Waals surface area contributed by atoms with E-state index in [0.717, 1.165) is 24.0 Å². The van der Waals surface area contributed by atoms with Crippen LogP contribution in [0.3, 0.4) is 0 Å². The number of pyridine rings is 1. The first-order valence-electron chi connectivity index (χ1n) is 8.39. The standard InChI is InChI=1S/C19H24N6/c1-19(2,15-9-5-4-6-10-15)14-22-18(20-3)21-13-17-24-23-16-11-7-8-12-25(16)17/h4-12H,13-14H2,1-3H3,(H2,20,21,22). The molecule has 25 heavy (non-hydrogen) atoms. The van der Waals surface area contributed by atoms with Gasteiger partial charge in [-0.25, -0.2) is 0 Å². The molecule has 1 aromatic carbocycles. The molecule has 0 aliphatic carbocycles. The second-order valence-electron chi connectivity index (χ2n) is 6.57. The van der Waals surface area contributed by atoms with E-state index in [1.54, 1.807) is 7.05 Å². The van der Waals surface area contributed by atoms with Crippen LogP contribution in [0.15, 0.2) is 59.7 Å². The molecule has 130 valence electrons. The van der Waals surface area contributed by atoms with Gasteiger partial charge in [-0.3, -0.25) is 9.39 Å². The molecule has 2 N–H and O–H groups in total. The third kappa shape index (κ3) is 3.96. The van der Waals surface area contributed by atoms with Crippen LogP contribution in [0, 0.1) is 0 Å². The minimum atomic E-state index is 0.000436. The molecule has 0 unspecified atom stereocenters. The van der Waals surface area contributed by atoms with E-state index in [9.17, 15) is 0 Å². The molecule has 0 radical (unpaired) electrons. The normalized spacial score (nSPS) is 12.4. The summed E-state index contributed by atoms with van der Waals surface area (Å²) < 4.78 is 1.97. The van der Waals surface area contributed by atoms with Crippen molar-refractivity contribution in [2.75, 3.05) is 13.6 Å². The van der Waals surface area contributed by atoms with E-state index in [4.69, 9.17) is 0 Å². The second-order valence-corrected chi connectivity index (χ2v) is 6.57. The quantitative estimate of drug-likeness (QED) is 0.554. The van der Waals surface area contributed by atoms with E-state index >= 15 is 0 Å². The Hall–Kier alpha value is -2.89. The van der Waals surface area contributed by atoms with Crippen molar-refractivity contribution in [3.05, 3.63) is 66.1 Å². The zero-order valence-corrected chi connectivity index (χ0v) is 14.9. The topological polar surface area (TPSA) is 66.6 Å². The number of benzene rings is 1. The van der Waals surface area contributed by atoms with Gasteiger partial charge in [0.15, 0.2) is 17.4 Å². The summed E-state index contributed by atoms with van der Waals surface area (Å²) in [5, 5.41) is 15.1. The largest absolute Gasteiger partial charge is 0.356 e. The lowest BCUT2D eigenvalue weighted by molar-refractivity contribution is 0.508. The molecule has 0 spiro atoms. The Morgan fingerprint density at radius 1 is 1.04 bits per heavy atom. The fourth-order valence-electron chi connectivity index (χ4n) is 2.69. The fourth-order valence-corrected chi connectivity index (χ4v) is 2.69. The van der Waals surface area contributed by atoms with Gasteiger partial charge in [-0.05, 0) is 17.7 Å². The summed E-state index contributed by atoms with van der Waals surface area (Å²) in [5.41, 5.74) is 2.13. The summed E-state index contributed by atoms with van der Waals surface area (Å²) >= 11 is 0. The van der Waals surface area contributed by atoms with Gasteiger partial charge in [0.1, 0.15) is 0 Å². The van der Waals surface area contributed by atoms with Gasteiger partial charge < -0.3 is 10.6 Å². The van der Waals surface area contributed by atoms with Crippen molar-refractivity contribution in [1.29, 1.82) is 0 Å². The van der Waals surface area contributed by atoms with Crippen LogP contribution in [0.2, 0.25) is 0 Å². The maximum atomic E-state index is 4.30. The van der Waals surface area contributed by atoms with Crippen LogP contribution in [0.25, 0.3) is 5.65 Å². The maximum absolute atomic E-state index is 4.30. The van der Waals surface area contributed by atoms with Crippen molar-refractivity contribution in [3.63, 3.8) is 0 Å². The molecule has 0 atom stereocenters. The van der Waals surface area contributed by atoms with Crippen LogP contribution in [0.1, 0.15) is 25.2 Å². The average Bonchev–Trinajstić information content (AvgIpc) is 3.06. The van der Waals surface area contributed by atoms with E-state index in [2.05, 4.69) is 63.9 Å². The molecule has 6 nitrogen and oxygen atoms in total. The molecule has 0 saturated heterocycles. The van der Waals surface area contributed by atoms with Gasteiger partial charge in [-0.1, -0.05) is 50.2 Å². The van der Waals surface area contributed by atoms with Crippen LogP contribution in [0.5, 0.6) is 0 Å². The number of hydrogen-bond donors (Lipinski definition) is 2. The summed E-state index contributed by atoms with van der Waals surface area (Å²) in [6.45, 7) is 5.76. The first kappa shape index (κ1) is 17.0. The van der Waals surface area contributed by atoms with Crippen molar-refractivity contribution in [2.45, 2.75) is 25.8 Å². The number of hydrogen-bond acceptors (Lipinski definition) is 3. The SMILES string of the molecule is CN=C(NCc1nnc2ccccn12)NCC(C)(C)c1ccccc1. The molecule has 0 saturated carbocycles. The van der Waals surface area contributed by atoms with Crippen molar-refractivity contribution >= 4 is 11.6 Å². The first-order valence-corrected chi connectivity index (χ1v) is 8.39. The monoisotopic (exact) mass is 336 g/mol. The minimum absolute atomic E-state index is 0.000436. The van der Waals surface area contributed by atoms with E-state index in [0.29, 0.717) is 6.54 Å². The Kier molecular flexibility index (Phi) is 4.97. The maximum Gasteiger partial charge on any atom is 0.191 e. The highest BCUT2D eigenvalue weighted by atomic mass is 15.3. The molecule has 3 aromatic rings. The van der Waals surface area contributed by atoms with Gasteiger partial charge in [-0.15, -0.1) is 10.2 Å². The van der Waals surface area contributed by atoms with Gasteiger partial charge in [0.2, 0.25) is 0 Å². The molecular weight excluding hydrogens is 312 g/mol. The van der Waals surface area contributed by atoms with Gasteiger partial charge >= 0.3 is 0 Å². The van der Waals surface area contributed by atoms with Crippen molar-refractivity contribution in [2.24, 2.45) is 4.99 Å². The highest BCUT2D eigenvalue weighted by molar-refractivity contribution is 5.79. The molecule has 0 amide bonds. The molecule has 0 aliphatic heterocycles. The molecule has 6 heteroatoms. The third-order valence-electron chi connectivity index (χ3n) is 4.27. The summed E-state index contributed by atoms with van der Waals surface area (Å²) in [6, 6.07) is 16.3. The van der Waals surface area contributed by atoms with Crippen molar-refractivity contribution in [1.82, 2.24) is 25.2 Å².